The quantitative estimate of drug-likeness (QED) is 0.316. The van der Waals surface area contributed by atoms with E-state index < -0.39 is 11.3 Å². The second kappa shape index (κ2) is 10.6. The van der Waals surface area contributed by atoms with E-state index >= 15 is 0 Å². The van der Waals surface area contributed by atoms with Crippen molar-refractivity contribution >= 4 is 22.4 Å². The zero-order valence-electron chi connectivity index (χ0n) is 22.2. The van der Waals surface area contributed by atoms with Crippen molar-refractivity contribution in [1.29, 1.82) is 5.26 Å². The third kappa shape index (κ3) is 4.59. The molecule has 5 heteroatoms. The number of anilines is 1. The number of para-hydroxylation sites is 1. The molecule has 1 unspecified atom stereocenters. The Morgan fingerprint density at radius 2 is 1.55 bits per heavy atom. The van der Waals surface area contributed by atoms with Crippen molar-refractivity contribution in [2.24, 2.45) is 5.41 Å². The van der Waals surface area contributed by atoms with E-state index in [1.807, 2.05) is 53.4 Å². The van der Waals surface area contributed by atoms with Crippen molar-refractivity contribution in [3.05, 3.63) is 108 Å². The highest BCUT2D eigenvalue weighted by molar-refractivity contribution is 5.91. The van der Waals surface area contributed by atoms with E-state index in [1.165, 1.54) is 11.3 Å². The average Bonchev–Trinajstić information content (AvgIpc) is 2.97. The minimum atomic E-state index is -1.34. The maximum absolute atomic E-state index is 14.3. The fourth-order valence-electron chi connectivity index (χ4n) is 5.75. The van der Waals surface area contributed by atoms with Crippen LogP contribution in [-0.2, 0) is 4.79 Å². The van der Waals surface area contributed by atoms with Crippen molar-refractivity contribution in [3.8, 4) is 11.8 Å². The van der Waals surface area contributed by atoms with E-state index in [9.17, 15) is 10.1 Å². The molecular formula is C33H33N3O2. The van der Waals surface area contributed by atoms with Crippen LogP contribution in [0.4, 0.5) is 5.69 Å². The number of fused-ring (bicyclic) bond motifs is 1. The average molecular weight is 504 g/mol. The molecular weight excluding hydrogens is 470 g/mol. The first kappa shape index (κ1) is 25.4. The van der Waals surface area contributed by atoms with Crippen LogP contribution in [0.5, 0.6) is 5.75 Å². The second-order valence-electron chi connectivity index (χ2n) is 10.2. The van der Waals surface area contributed by atoms with E-state index in [2.05, 4.69) is 60.4 Å². The first-order valence-corrected chi connectivity index (χ1v) is 13.1. The summed E-state index contributed by atoms with van der Waals surface area (Å²) in [7, 11) is 1.63. The first-order chi connectivity index (χ1) is 18.5. The number of nitrogens with zero attached hydrogens (tertiary/aromatic N) is 3. The van der Waals surface area contributed by atoms with Crippen LogP contribution in [0, 0.1) is 23.7 Å². The van der Waals surface area contributed by atoms with E-state index in [0.717, 1.165) is 35.0 Å². The van der Waals surface area contributed by atoms with Gasteiger partial charge in [0.2, 0.25) is 5.91 Å². The highest BCUT2D eigenvalue weighted by Gasteiger charge is 2.47. The summed E-state index contributed by atoms with van der Waals surface area (Å²) in [5.41, 5.74) is 2.82. The minimum absolute atomic E-state index is 0.146. The van der Waals surface area contributed by atoms with Gasteiger partial charge in [-0.3, -0.25) is 4.79 Å². The number of nitriles is 1. The van der Waals surface area contributed by atoms with Crippen LogP contribution in [0.25, 0.3) is 10.8 Å². The maximum atomic E-state index is 14.3. The number of rotatable bonds is 6. The molecule has 38 heavy (non-hydrogen) atoms. The Hall–Kier alpha value is -4.30. The van der Waals surface area contributed by atoms with Crippen LogP contribution in [0.15, 0.2) is 91.0 Å². The molecule has 0 N–H and O–H groups in total. The Morgan fingerprint density at radius 3 is 2.29 bits per heavy atom. The summed E-state index contributed by atoms with van der Waals surface area (Å²) >= 11 is 0. The van der Waals surface area contributed by atoms with Gasteiger partial charge in [-0.15, -0.1) is 0 Å². The van der Waals surface area contributed by atoms with Gasteiger partial charge in [0.25, 0.3) is 0 Å². The number of benzene rings is 4. The fraction of sp³-hybridized carbons (Fsp3) is 0.273. The molecule has 1 heterocycles. The molecule has 2 atom stereocenters. The molecule has 4 aromatic carbocycles. The van der Waals surface area contributed by atoms with E-state index in [4.69, 9.17) is 4.74 Å². The summed E-state index contributed by atoms with van der Waals surface area (Å²) in [6.07, 6.45) is 0. The molecule has 0 bridgehead atoms. The van der Waals surface area contributed by atoms with Crippen LogP contribution in [0.2, 0.25) is 0 Å². The van der Waals surface area contributed by atoms with Crippen LogP contribution >= 0.6 is 0 Å². The van der Waals surface area contributed by atoms with Crippen molar-refractivity contribution < 1.29 is 9.53 Å². The molecule has 1 amide bonds. The zero-order chi connectivity index (χ0) is 26.7. The van der Waals surface area contributed by atoms with Gasteiger partial charge in [0.05, 0.1) is 13.2 Å². The predicted octanol–water partition coefficient (Wildman–Crippen LogP) is 6.17. The van der Waals surface area contributed by atoms with Gasteiger partial charge in [0.1, 0.15) is 11.2 Å². The normalized spacial score (nSPS) is 15.9. The van der Waals surface area contributed by atoms with E-state index in [-0.39, 0.29) is 5.91 Å². The summed E-state index contributed by atoms with van der Waals surface area (Å²) in [5.74, 6) is 0.00811. The Labute approximate surface area is 224 Å². The first-order valence-electron chi connectivity index (χ1n) is 13.1. The summed E-state index contributed by atoms with van der Waals surface area (Å²) in [6.45, 7) is 6.47. The van der Waals surface area contributed by atoms with Gasteiger partial charge in [0.15, 0.2) is 0 Å². The molecule has 1 fully saturated rings. The molecule has 4 aromatic rings. The number of hydrogen-bond donors (Lipinski definition) is 0. The molecule has 0 aromatic heterocycles. The number of carbonyl (C=O) groups is 1. The minimum Gasteiger partial charge on any atom is -0.496 e. The number of piperazine rings is 1. The number of amides is 1. The molecule has 1 aliphatic heterocycles. The molecule has 1 aliphatic rings. The molecule has 192 valence electrons. The molecule has 0 radical (unpaired) electrons. The summed E-state index contributed by atoms with van der Waals surface area (Å²) in [4.78, 5) is 18.5. The van der Waals surface area contributed by atoms with Crippen LogP contribution in [-0.4, -0.2) is 44.1 Å². The lowest BCUT2D eigenvalue weighted by Gasteiger charge is -2.41. The Morgan fingerprint density at radius 1 is 0.895 bits per heavy atom. The number of ether oxygens (including phenoxy) is 1. The highest BCUT2D eigenvalue weighted by atomic mass is 16.5. The van der Waals surface area contributed by atoms with Crippen molar-refractivity contribution in [2.75, 3.05) is 38.2 Å². The van der Waals surface area contributed by atoms with Crippen molar-refractivity contribution in [1.82, 2.24) is 4.90 Å². The molecule has 5 nitrogen and oxygen atoms in total. The van der Waals surface area contributed by atoms with Crippen LogP contribution in [0.1, 0.15) is 29.5 Å². The Balaban J connectivity index is 1.54. The van der Waals surface area contributed by atoms with Crippen molar-refractivity contribution in [2.45, 2.75) is 19.8 Å². The smallest absolute Gasteiger partial charge is 0.243 e. The lowest BCUT2D eigenvalue weighted by molar-refractivity contribution is -0.139. The van der Waals surface area contributed by atoms with Gasteiger partial charge >= 0.3 is 0 Å². The lowest BCUT2D eigenvalue weighted by atomic mass is 9.68. The number of carbonyl (C=O) groups excluding carboxylic acids is 1. The molecule has 1 saturated heterocycles. The standard InChI is InChI=1S/C33H33N3O2/c1-24-10-8-13-26(22-24)35-18-20-36(21-19-35)32(37)33(2,23-34)31(29-15-6-7-17-30(29)38-3)28-16-9-12-25-11-4-5-14-27(25)28/h4-17,22,31H,18-21H2,1-3H3/t31?,33-/m1/s1. The summed E-state index contributed by atoms with van der Waals surface area (Å²) < 4.78 is 5.76. The van der Waals surface area contributed by atoms with E-state index in [1.54, 1.807) is 14.0 Å². The molecule has 5 rings (SSSR count). The van der Waals surface area contributed by atoms with Gasteiger partial charge in [-0.2, -0.15) is 5.26 Å². The Bertz CT molecular complexity index is 1490. The Kier molecular flexibility index (Phi) is 7.07. The van der Waals surface area contributed by atoms with Gasteiger partial charge in [0, 0.05) is 43.3 Å². The molecule has 0 spiro atoms. The largest absolute Gasteiger partial charge is 0.496 e. The topological polar surface area (TPSA) is 56.6 Å². The van der Waals surface area contributed by atoms with E-state index in [0.29, 0.717) is 18.8 Å². The number of aryl methyl sites for hydroxylation is 1. The third-order valence-electron chi connectivity index (χ3n) is 7.77. The summed E-state index contributed by atoms with van der Waals surface area (Å²) in [6, 6.07) is 32.9. The lowest BCUT2D eigenvalue weighted by Crippen LogP contribution is -2.53. The van der Waals surface area contributed by atoms with Crippen molar-refractivity contribution in [3.63, 3.8) is 0 Å². The van der Waals surface area contributed by atoms with Gasteiger partial charge in [-0.05, 0) is 53.9 Å². The molecule has 0 aliphatic carbocycles. The maximum Gasteiger partial charge on any atom is 0.243 e. The van der Waals surface area contributed by atoms with Crippen LogP contribution < -0.4 is 9.64 Å². The number of methoxy groups -OCH3 is 1. The number of hydrogen-bond acceptors (Lipinski definition) is 4. The van der Waals surface area contributed by atoms with Gasteiger partial charge in [-0.25, -0.2) is 0 Å². The second-order valence-corrected chi connectivity index (χ2v) is 10.2. The fourth-order valence-corrected chi connectivity index (χ4v) is 5.75. The van der Waals surface area contributed by atoms with Crippen LogP contribution in [0.3, 0.4) is 0 Å². The zero-order valence-corrected chi connectivity index (χ0v) is 22.2. The predicted molar refractivity (Wildman–Crippen MR) is 152 cm³/mol. The third-order valence-corrected chi connectivity index (χ3v) is 7.77. The monoisotopic (exact) mass is 503 g/mol. The highest BCUT2D eigenvalue weighted by Crippen LogP contribution is 2.47. The molecule has 0 saturated carbocycles. The van der Waals surface area contributed by atoms with Gasteiger partial charge in [-0.1, -0.05) is 72.8 Å². The SMILES string of the molecule is COc1ccccc1C(c1cccc2ccccc12)[C@@](C)(C#N)C(=O)N1CCN(c2cccc(C)c2)CC1. The summed E-state index contributed by atoms with van der Waals surface area (Å²) in [5, 5.41) is 12.8. The van der Waals surface area contributed by atoms with Gasteiger partial charge < -0.3 is 14.5 Å².